The summed E-state index contributed by atoms with van der Waals surface area (Å²) >= 11 is 0. The number of hydrogen-bond acceptors (Lipinski definition) is 12. The molecular formula is C114H174N6O12. The normalized spacial score (nSPS) is 11.3. The van der Waals surface area contributed by atoms with Crippen molar-refractivity contribution in [1.82, 2.24) is 29.9 Å². The summed E-state index contributed by atoms with van der Waals surface area (Å²) in [5.41, 5.74) is -1.94. The summed E-state index contributed by atoms with van der Waals surface area (Å²) in [7, 11) is 0. The molecule has 18 nitrogen and oxygen atoms in total. The van der Waals surface area contributed by atoms with Crippen LogP contribution in [0.5, 0.6) is 34.5 Å². The highest BCUT2D eigenvalue weighted by Gasteiger charge is 2.15. The van der Waals surface area contributed by atoms with E-state index in [4.69, 9.17) is 28.4 Å². The molecule has 0 aliphatic carbocycles. The molecule has 0 radical (unpaired) electrons. The third-order valence-electron chi connectivity index (χ3n) is 25.6. The molecule has 4 aromatic heterocycles. The molecule has 0 spiro atoms. The van der Waals surface area contributed by atoms with Crippen LogP contribution in [0.3, 0.4) is 0 Å². The summed E-state index contributed by atoms with van der Waals surface area (Å²) in [6.45, 7) is 16.1. The van der Waals surface area contributed by atoms with Gasteiger partial charge in [-0.25, -0.2) is 0 Å². The van der Waals surface area contributed by atoms with Crippen molar-refractivity contribution in [3.63, 3.8) is 0 Å². The Balaban J connectivity index is 1.43. The summed E-state index contributed by atoms with van der Waals surface area (Å²) < 4.78 is 40.1. The molecule has 0 fully saturated rings. The molecule has 10 aromatic rings. The van der Waals surface area contributed by atoms with E-state index in [0.717, 1.165) is 116 Å². The van der Waals surface area contributed by atoms with Gasteiger partial charge in [0.1, 0.15) is 0 Å². The minimum atomic E-state index is -0.765. The zero-order valence-electron chi connectivity index (χ0n) is 83.0. The van der Waals surface area contributed by atoms with E-state index in [9.17, 15) is 28.8 Å². The summed E-state index contributed by atoms with van der Waals surface area (Å²) in [5.74, 6) is 2.93. The van der Waals surface area contributed by atoms with Crippen LogP contribution in [0.4, 0.5) is 0 Å². The minimum Gasteiger partial charge on any atom is -0.490 e. The molecule has 10 rings (SSSR count). The van der Waals surface area contributed by atoms with Gasteiger partial charge in [0.15, 0.2) is 34.5 Å². The van der Waals surface area contributed by atoms with Crippen molar-refractivity contribution in [2.75, 3.05) is 39.6 Å². The van der Waals surface area contributed by atoms with Gasteiger partial charge in [-0.2, -0.15) is 0 Å². The number of aromatic nitrogens is 6. The molecule has 0 saturated heterocycles. The third kappa shape index (κ3) is 44.4. The highest BCUT2D eigenvalue weighted by molar-refractivity contribution is 5.81. The molecule has 6 bridgehead atoms. The number of hydrogen-bond donors (Lipinski definition) is 6. The van der Waals surface area contributed by atoms with Crippen molar-refractivity contribution in [3.05, 3.63) is 171 Å². The Bertz CT molecular complexity index is 4270. The highest BCUT2D eigenvalue weighted by Crippen LogP contribution is 2.35. The predicted octanol–water partition coefficient (Wildman–Crippen LogP) is 31.6. The van der Waals surface area contributed by atoms with Gasteiger partial charge in [0.2, 0.25) is 32.6 Å². The molecule has 0 atom stereocenters. The number of fused-ring (bicyclic) bond motifs is 3. The topological polar surface area (TPSA) is 253 Å². The maximum Gasteiger partial charge on any atom is 0.235 e. The number of aromatic amines is 6. The summed E-state index contributed by atoms with van der Waals surface area (Å²) in [4.78, 5) is 108. The van der Waals surface area contributed by atoms with Crippen LogP contribution in [0.2, 0.25) is 0 Å². The lowest BCUT2D eigenvalue weighted by Gasteiger charge is -2.14. The standard InChI is InChI=1S/C114H174N6O12/c1-7-13-19-25-31-37-43-49-55-61-73-127-103-79-97-98(80-104(103)128-74-62-56-50-44-38-32-26-20-14-8-2)116-86-92-69-70-94(112(124)110(92)122)88-118-101-83-107(131-77-65-59-53-47-41-35-29-23-17-11-5)108(132-78-66-60-54-48-42-36-30-24-18-12-6)84-102(101)120-90-96-72-71-95(113(125)114(96)126)89-119-100-82-106(130-76-64-58-52-46-40-34-28-22-16-10-4)105(129-75-63-57-51-45-39-33-27-21-15-9-3)81-99(100)117-87-93-68-67-91(85-115-97)109(121)111(93)123/h67-72,79-90,115-120H,7-66,73-78H2,1-6H3. The molecular weight excluding hydrogens is 1650 g/mol. The lowest BCUT2D eigenvalue weighted by atomic mass is 10.1. The van der Waals surface area contributed by atoms with Crippen LogP contribution in [-0.4, -0.2) is 69.5 Å². The smallest absolute Gasteiger partial charge is 0.235 e. The van der Waals surface area contributed by atoms with E-state index in [-0.39, 0.29) is 32.3 Å². The second-order valence-electron chi connectivity index (χ2n) is 37.2. The van der Waals surface area contributed by atoms with Gasteiger partial charge < -0.3 is 58.3 Å². The SMILES string of the molecule is CCCCCCCCCCCCOc1cc2[nH]cc3ccc(c[nH]c4cc(OCCCCCCCCCCCC)c(OCCCCCCCCCCCC)cc4[nH]cc4ccc(c[nH]c5cc(OCCCCCCCCCCCC)c(OCCCCCCCCCCCC)cc5[nH]cc5ccc(c[nH]c2cc1OCCCCCCCCCCCC)c(=O)c5=O)c(=O)c4=O)c(=O)c3=O. The predicted molar refractivity (Wildman–Crippen MR) is 559 cm³/mol. The maximum absolute atomic E-state index is 14.6. The van der Waals surface area contributed by atoms with Crippen LogP contribution in [0, 0.1) is 0 Å². The average molecular weight is 1820 g/mol. The first-order valence-corrected chi connectivity index (χ1v) is 53.3. The molecule has 6 aromatic carbocycles. The largest absolute Gasteiger partial charge is 0.490 e. The summed E-state index contributed by atoms with van der Waals surface area (Å²) in [6.07, 6.45) is 79.3. The van der Waals surface area contributed by atoms with E-state index >= 15 is 0 Å². The molecule has 0 aliphatic heterocycles. The zero-order chi connectivity index (χ0) is 93.7. The zero-order valence-corrected chi connectivity index (χ0v) is 83.0. The van der Waals surface area contributed by atoms with Crippen molar-refractivity contribution in [3.8, 4) is 34.5 Å². The van der Waals surface area contributed by atoms with Crippen molar-refractivity contribution in [2.24, 2.45) is 0 Å². The van der Waals surface area contributed by atoms with Gasteiger partial charge in [-0.15, -0.1) is 0 Å². The van der Waals surface area contributed by atoms with E-state index in [0.29, 0.717) is 107 Å². The van der Waals surface area contributed by atoms with Crippen LogP contribution >= 0.6 is 0 Å². The number of unbranched alkanes of at least 4 members (excludes halogenated alkanes) is 54. The second-order valence-corrected chi connectivity index (χ2v) is 37.2. The monoisotopic (exact) mass is 1820 g/mol. The Morgan fingerprint density at radius 2 is 0.265 bits per heavy atom. The van der Waals surface area contributed by atoms with Crippen LogP contribution < -0.4 is 61.0 Å². The van der Waals surface area contributed by atoms with Crippen LogP contribution in [0.25, 0.3) is 65.4 Å². The molecule has 0 aliphatic rings. The first kappa shape index (κ1) is 110. The fourth-order valence-electron chi connectivity index (χ4n) is 17.1. The fraction of sp³-hybridized carbons (Fsp3) is 0.632. The molecule has 732 valence electrons. The van der Waals surface area contributed by atoms with Crippen LogP contribution in [0.15, 0.2) is 139 Å². The number of rotatable bonds is 72. The van der Waals surface area contributed by atoms with Gasteiger partial charge in [0.25, 0.3) is 0 Å². The summed E-state index contributed by atoms with van der Waals surface area (Å²) in [5, 5.41) is 0.485. The number of H-pyrrole nitrogens is 6. The molecule has 6 N–H and O–H groups in total. The fourth-order valence-corrected chi connectivity index (χ4v) is 17.1. The van der Waals surface area contributed by atoms with Crippen molar-refractivity contribution in [1.29, 1.82) is 0 Å². The van der Waals surface area contributed by atoms with Gasteiger partial charge in [-0.1, -0.05) is 388 Å². The van der Waals surface area contributed by atoms with Gasteiger partial charge in [0.05, 0.1) is 72.7 Å². The minimum absolute atomic E-state index is 0.0808. The lowest BCUT2D eigenvalue weighted by molar-refractivity contribution is 0.259. The lowest BCUT2D eigenvalue weighted by Crippen LogP contribution is -2.22. The highest BCUT2D eigenvalue weighted by atomic mass is 16.5. The molecule has 132 heavy (non-hydrogen) atoms. The summed E-state index contributed by atoms with van der Waals surface area (Å²) in [6, 6.07) is 20.5. The average Bonchev–Trinajstić information content (AvgIpc) is 0.810. The molecule has 4 heterocycles. The van der Waals surface area contributed by atoms with E-state index in [1.807, 2.05) is 36.4 Å². The molecule has 0 amide bonds. The van der Waals surface area contributed by atoms with Crippen molar-refractivity contribution < 1.29 is 28.4 Å². The van der Waals surface area contributed by atoms with Crippen molar-refractivity contribution in [2.45, 2.75) is 427 Å². The number of benzene rings is 6. The Morgan fingerprint density at radius 3 is 0.379 bits per heavy atom. The molecule has 0 saturated carbocycles. The van der Waals surface area contributed by atoms with Gasteiger partial charge in [-0.3, -0.25) is 28.8 Å². The van der Waals surface area contributed by atoms with E-state index in [1.165, 1.54) is 307 Å². The molecule has 18 heteroatoms. The molecule has 0 unspecified atom stereocenters. The first-order chi connectivity index (χ1) is 64.9. The van der Waals surface area contributed by atoms with E-state index < -0.39 is 32.6 Å². The van der Waals surface area contributed by atoms with Gasteiger partial charge in [-0.05, 0) is 74.9 Å². The quantitative estimate of drug-likeness (QED) is 0.0154. The van der Waals surface area contributed by atoms with Gasteiger partial charge >= 0.3 is 0 Å². The Hall–Kier alpha value is -9.06. The Morgan fingerprint density at radius 1 is 0.159 bits per heavy atom. The van der Waals surface area contributed by atoms with Gasteiger partial charge in [0, 0.05) is 106 Å². The van der Waals surface area contributed by atoms with E-state index in [1.54, 1.807) is 36.4 Å². The maximum atomic E-state index is 14.6. The second kappa shape index (κ2) is 70.6. The van der Waals surface area contributed by atoms with Crippen LogP contribution in [-0.2, 0) is 0 Å². The first-order valence-electron chi connectivity index (χ1n) is 53.3. The van der Waals surface area contributed by atoms with Crippen LogP contribution in [0.1, 0.15) is 427 Å². The Labute approximate surface area is 791 Å². The number of nitrogens with one attached hydrogen (secondary N) is 6. The number of ether oxygens (including phenoxy) is 6. The Kier molecular flexibility index (Phi) is 58.8. The van der Waals surface area contributed by atoms with E-state index in [2.05, 4.69) is 71.4 Å². The third-order valence-corrected chi connectivity index (χ3v) is 25.6. The van der Waals surface area contributed by atoms with Crippen molar-refractivity contribution >= 4 is 65.4 Å².